The van der Waals surface area contributed by atoms with Crippen LogP contribution in [-0.2, 0) is 6.42 Å². The number of methoxy groups -OCH3 is 1. The monoisotopic (exact) mass is 317 g/mol. The van der Waals surface area contributed by atoms with Crippen LogP contribution in [0.4, 0.5) is 4.39 Å². The predicted molar refractivity (Wildman–Crippen MR) is 71.6 cm³/mol. The highest BCUT2D eigenvalue weighted by Gasteiger charge is 2.22. The number of phenolic OH excluding ortho intramolecular Hbond substituents is 1. The van der Waals surface area contributed by atoms with Gasteiger partial charge in [0.05, 0.1) is 11.6 Å². The first-order valence-corrected chi connectivity index (χ1v) is 6.87. The van der Waals surface area contributed by atoms with Crippen molar-refractivity contribution in [1.29, 1.82) is 0 Å². The summed E-state index contributed by atoms with van der Waals surface area (Å²) >= 11 is 3.18. The average molecular weight is 318 g/mol. The summed E-state index contributed by atoms with van der Waals surface area (Å²) in [4.78, 5) is 0. The van der Waals surface area contributed by atoms with E-state index < -0.39 is 0 Å². The van der Waals surface area contributed by atoms with Crippen LogP contribution in [0.2, 0.25) is 0 Å². The Balaban J connectivity index is 2.26. The molecule has 1 aliphatic heterocycles. The zero-order chi connectivity index (χ0) is 13.1. The summed E-state index contributed by atoms with van der Waals surface area (Å²) in [5, 5.41) is 13.3. The standard InChI is InChI=1S/C13H17BrFNO2/c1-18-13-10(14)7-11(15)9(12(13)17)6-8-2-4-16-5-3-8/h7-8,16-17H,2-6H2,1H3. The molecule has 18 heavy (non-hydrogen) atoms. The molecule has 1 heterocycles. The van der Waals surface area contributed by atoms with E-state index in [0.29, 0.717) is 28.1 Å². The number of nitrogens with one attached hydrogen (secondary N) is 1. The molecule has 0 atom stereocenters. The van der Waals surface area contributed by atoms with Gasteiger partial charge in [-0.3, -0.25) is 0 Å². The molecule has 0 bridgehead atoms. The maximum Gasteiger partial charge on any atom is 0.175 e. The molecule has 0 saturated carbocycles. The fourth-order valence-electron chi connectivity index (χ4n) is 2.39. The van der Waals surface area contributed by atoms with Crippen LogP contribution in [-0.4, -0.2) is 25.3 Å². The summed E-state index contributed by atoms with van der Waals surface area (Å²) < 4.78 is 19.4. The molecule has 0 spiro atoms. The normalized spacial score (nSPS) is 16.8. The van der Waals surface area contributed by atoms with Gasteiger partial charge in [-0.25, -0.2) is 4.39 Å². The molecule has 0 unspecified atom stereocenters. The quantitative estimate of drug-likeness (QED) is 0.900. The van der Waals surface area contributed by atoms with Crippen LogP contribution < -0.4 is 10.1 Å². The van der Waals surface area contributed by atoms with Crippen molar-refractivity contribution in [1.82, 2.24) is 5.32 Å². The van der Waals surface area contributed by atoms with Gasteiger partial charge in [-0.15, -0.1) is 0 Å². The number of piperidine rings is 1. The van der Waals surface area contributed by atoms with Crippen LogP contribution in [0.5, 0.6) is 11.5 Å². The molecule has 0 radical (unpaired) electrons. The largest absolute Gasteiger partial charge is 0.504 e. The Morgan fingerprint density at radius 2 is 2.17 bits per heavy atom. The lowest BCUT2D eigenvalue weighted by Crippen LogP contribution is -2.28. The number of halogens is 2. The summed E-state index contributed by atoms with van der Waals surface area (Å²) in [6, 6.07) is 1.36. The summed E-state index contributed by atoms with van der Waals surface area (Å²) in [5.74, 6) is 0.263. The lowest BCUT2D eigenvalue weighted by Gasteiger charge is -2.23. The second kappa shape index (κ2) is 5.89. The molecule has 0 amide bonds. The fourth-order valence-corrected chi connectivity index (χ4v) is 2.94. The predicted octanol–water partition coefficient (Wildman–Crippen LogP) is 2.84. The van der Waals surface area contributed by atoms with Crippen LogP contribution in [0.3, 0.4) is 0 Å². The molecular weight excluding hydrogens is 301 g/mol. The van der Waals surface area contributed by atoms with Gasteiger partial charge in [0.1, 0.15) is 5.82 Å². The first-order valence-electron chi connectivity index (χ1n) is 6.08. The van der Waals surface area contributed by atoms with Crippen LogP contribution >= 0.6 is 15.9 Å². The Hall–Kier alpha value is -0.810. The van der Waals surface area contributed by atoms with Crippen molar-refractivity contribution < 1.29 is 14.2 Å². The first kappa shape index (κ1) is 13.6. The third-order valence-electron chi connectivity index (χ3n) is 3.42. The van der Waals surface area contributed by atoms with E-state index in [9.17, 15) is 9.50 Å². The van der Waals surface area contributed by atoms with Crippen molar-refractivity contribution in [3.8, 4) is 11.5 Å². The molecule has 1 aromatic rings. The van der Waals surface area contributed by atoms with Gasteiger partial charge >= 0.3 is 0 Å². The minimum absolute atomic E-state index is 0.0806. The van der Waals surface area contributed by atoms with E-state index in [0.717, 1.165) is 25.9 Å². The van der Waals surface area contributed by atoms with Crippen molar-refractivity contribution in [2.75, 3.05) is 20.2 Å². The maximum absolute atomic E-state index is 13.9. The summed E-state index contributed by atoms with van der Waals surface area (Å²) in [6.07, 6.45) is 2.58. The van der Waals surface area contributed by atoms with E-state index in [2.05, 4.69) is 21.2 Å². The van der Waals surface area contributed by atoms with E-state index in [1.54, 1.807) is 0 Å². The van der Waals surface area contributed by atoms with Crippen LogP contribution in [0.1, 0.15) is 18.4 Å². The molecule has 2 rings (SSSR count). The Bertz CT molecular complexity index is 433. The molecule has 1 fully saturated rings. The number of phenols is 1. The SMILES string of the molecule is COc1c(Br)cc(F)c(CC2CCNCC2)c1O. The molecule has 5 heteroatoms. The van der Waals surface area contributed by atoms with Crippen LogP contribution in [0.15, 0.2) is 10.5 Å². The third kappa shape index (κ3) is 2.78. The zero-order valence-electron chi connectivity index (χ0n) is 10.3. The number of ether oxygens (including phenoxy) is 1. The zero-order valence-corrected chi connectivity index (χ0v) is 11.9. The topological polar surface area (TPSA) is 41.5 Å². The minimum Gasteiger partial charge on any atom is -0.504 e. The highest BCUT2D eigenvalue weighted by Crippen LogP contribution is 2.40. The van der Waals surface area contributed by atoms with Crippen LogP contribution in [0.25, 0.3) is 0 Å². The molecule has 100 valence electrons. The van der Waals surface area contributed by atoms with Gasteiger partial charge in [-0.2, -0.15) is 0 Å². The highest BCUT2D eigenvalue weighted by molar-refractivity contribution is 9.10. The van der Waals surface area contributed by atoms with Gasteiger partial charge in [0.2, 0.25) is 0 Å². The molecule has 0 aromatic heterocycles. The van der Waals surface area contributed by atoms with Crippen molar-refractivity contribution in [2.45, 2.75) is 19.3 Å². The fraction of sp³-hybridized carbons (Fsp3) is 0.538. The van der Waals surface area contributed by atoms with E-state index in [1.165, 1.54) is 13.2 Å². The lowest BCUT2D eigenvalue weighted by molar-refractivity contribution is 0.344. The maximum atomic E-state index is 13.9. The van der Waals surface area contributed by atoms with E-state index in [-0.39, 0.29) is 11.6 Å². The molecule has 1 saturated heterocycles. The number of aromatic hydroxyl groups is 1. The molecular formula is C13H17BrFNO2. The van der Waals surface area contributed by atoms with Gasteiger partial charge in [-0.1, -0.05) is 0 Å². The van der Waals surface area contributed by atoms with E-state index in [4.69, 9.17) is 4.74 Å². The first-order chi connectivity index (χ1) is 8.63. The van der Waals surface area contributed by atoms with Crippen molar-refractivity contribution in [3.05, 3.63) is 21.9 Å². The van der Waals surface area contributed by atoms with E-state index in [1.807, 2.05) is 0 Å². The Morgan fingerprint density at radius 1 is 1.50 bits per heavy atom. The third-order valence-corrected chi connectivity index (χ3v) is 4.00. The number of hydrogen-bond donors (Lipinski definition) is 2. The number of benzene rings is 1. The van der Waals surface area contributed by atoms with Gasteiger partial charge in [0.25, 0.3) is 0 Å². The molecule has 3 nitrogen and oxygen atoms in total. The second-order valence-corrected chi connectivity index (χ2v) is 5.45. The number of rotatable bonds is 3. The lowest BCUT2D eigenvalue weighted by atomic mass is 9.90. The smallest absolute Gasteiger partial charge is 0.175 e. The minimum atomic E-state index is -0.376. The second-order valence-electron chi connectivity index (χ2n) is 4.60. The molecule has 2 N–H and O–H groups in total. The average Bonchev–Trinajstić information content (AvgIpc) is 2.36. The van der Waals surface area contributed by atoms with Gasteiger partial charge in [-0.05, 0) is 60.3 Å². The Kier molecular flexibility index (Phi) is 4.45. The molecule has 1 aromatic carbocycles. The van der Waals surface area contributed by atoms with Gasteiger partial charge in [0, 0.05) is 5.56 Å². The highest BCUT2D eigenvalue weighted by atomic mass is 79.9. The number of hydrogen-bond acceptors (Lipinski definition) is 3. The molecule has 1 aliphatic rings. The Morgan fingerprint density at radius 3 is 2.78 bits per heavy atom. The summed E-state index contributed by atoms with van der Waals surface area (Å²) in [7, 11) is 1.46. The van der Waals surface area contributed by atoms with Gasteiger partial charge in [0.15, 0.2) is 11.5 Å². The molecule has 0 aliphatic carbocycles. The van der Waals surface area contributed by atoms with Crippen molar-refractivity contribution in [3.63, 3.8) is 0 Å². The van der Waals surface area contributed by atoms with Crippen LogP contribution in [0, 0.1) is 11.7 Å². The van der Waals surface area contributed by atoms with Gasteiger partial charge < -0.3 is 15.2 Å². The van der Waals surface area contributed by atoms with E-state index >= 15 is 0 Å². The summed E-state index contributed by atoms with van der Waals surface area (Å²) in [5.41, 5.74) is 0.363. The van der Waals surface area contributed by atoms with Crippen molar-refractivity contribution in [2.24, 2.45) is 5.92 Å². The summed E-state index contributed by atoms with van der Waals surface area (Å²) in [6.45, 7) is 1.92. The van der Waals surface area contributed by atoms with Crippen molar-refractivity contribution >= 4 is 15.9 Å². The Labute approximate surface area is 114 Å².